The zero-order valence-corrected chi connectivity index (χ0v) is 12.6. The molecule has 1 aromatic rings. The molecule has 1 saturated heterocycles. The fourth-order valence-electron chi connectivity index (χ4n) is 3.12. The molecule has 1 fully saturated rings. The zero-order valence-electron chi connectivity index (χ0n) is 11.8. The molecular formula is C14H21ClN2O2. The van der Waals surface area contributed by atoms with Crippen molar-refractivity contribution >= 4 is 17.5 Å². The van der Waals surface area contributed by atoms with Crippen molar-refractivity contribution in [3.8, 4) is 0 Å². The monoisotopic (exact) mass is 284 g/mol. The number of hydrogen-bond acceptors (Lipinski definition) is 3. The van der Waals surface area contributed by atoms with Crippen molar-refractivity contribution in [1.82, 2.24) is 10.6 Å². The second-order valence-electron chi connectivity index (χ2n) is 6.58. The van der Waals surface area contributed by atoms with Gasteiger partial charge in [-0.15, -0.1) is 0 Å². The number of hydrogen-bond donors (Lipinski definition) is 2. The maximum Gasteiger partial charge on any atom is 0.287 e. The number of amides is 1. The molecule has 0 spiro atoms. The van der Waals surface area contributed by atoms with Crippen LogP contribution in [0.2, 0.25) is 5.22 Å². The largest absolute Gasteiger partial charge is 0.440 e. The van der Waals surface area contributed by atoms with Crippen LogP contribution in [0.1, 0.15) is 51.1 Å². The van der Waals surface area contributed by atoms with Crippen molar-refractivity contribution in [2.45, 2.75) is 57.7 Å². The van der Waals surface area contributed by atoms with Gasteiger partial charge in [0.1, 0.15) is 0 Å². The Morgan fingerprint density at radius 1 is 1.32 bits per heavy atom. The first-order valence-electron chi connectivity index (χ1n) is 6.52. The highest BCUT2D eigenvalue weighted by atomic mass is 35.5. The van der Waals surface area contributed by atoms with Crippen LogP contribution < -0.4 is 10.6 Å². The van der Waals surface area contributed by atoms with Gasteiger partial charge in [-0.1, -0.05) is 0 Å². The highest BCUT2D eigenvalue weighted by Gasteiger charge is 2.38. The Morgan fingerprint density at radius 3 is 2.37 bits per heavy atom. The molecule has 0 aliphatic carbocycles. The first kappa shape index (κ1) is 14.4. The van der Waals surface area contributed by atoms with E-state index < -0.39 is 0 Å². The third-order valence-electron chi connectivity index (χ3n) is 3.32. The van der Waals surface area contributed by atoms with Gasteiger partial charge < -0.3 is 15.1 Å². The molecule has 2 rings (SSSR count). The fraction of sp³-hybridized carbons (Fsp3) is 0.643. The summed E-state index contributed by atoms with van der Waals surface area (Å²) in [5.74, 6) is 0.0598. The Morgan fingerprint density at radius 2 is 1.89 bits per heavy atom. The van der Waals surface area contributed by atoms with Crippen LogP contribution in [-0.4, -0.2) is 23.0 Å². The van der Waals surface area contributed by atoms with E-state index in [1.807, 2.05) is 0 Å². The predicted molar refractivity (Wildman–Crippen MR) is 75.5 cm³/mol. The van der Waals surface area contributed by atoms with Crippen LogP contribution in [0.3, 0.4) is 0 Å². The number of nitrogens with one attached hydrogen (secondary N) is 2. The second-order valence-corrected chi connectivity index (χ2v) is 6.95. The molecular weight excluding hydrogens is 264 g/mol. The van der Waals surface area contributed by atoms with Crippen molar-refractivity contribution in [2.75, 3.05) is 0 Å². The summed E-state index contributed by atoms with van der Waals surface area (Å²) in [5.41, 5.74) is 0.00100. The van der Waals surface area contributed by atoms with Gasteiger partial charge in [-0.25, -0.2) is 0 Å². The van der Waals surface area contributed by atoms with E-state index in [9.17, 15) is 4.79 Å². The van der Waals surface area contributed by atoms with Crippen LogP contribution in [0, 0.1) is 0 Å². The van der Waals surface area contributed by atoms with Crippen LogP contribution in [0.15, 0.2) is 16.5 Å². The Bertz CT molecular complexity index is 464. The molecule has 1 amide bonds. The van der Waals surface area contributed by atoms with Crippen LogP contribution in [-0.2, 0) is 0 Å². The van der Waals surface area contributed by atoms with E-state index in [1.165, 1.54) is 0 Å². The smallest absolute Gasteiger partial charge is 0.287 e. The number of rotatable bonds is 2. The number of piperidine rings is 1. The summed E-state index contributed by atoms with van der Waals surface area (Å²) in [6, 6.07) is 3.30. The van der Waals surface area contributed by atoms with Gasteiger partial charge in [0, 0.05) is 17.1 Å². The number of furan rings is 1. The molecule has 19 heavy (non-hydrogen) atoms. The Kier molecular flexibility index (Phi) is 3.67. The minimum atomic E-state index is -0.203. The summed E-state index contributed by atoms with van der Waals surface area (Å²) < 4.78 is 5.13. The molecule has 1 aromatic heterocycles. The van der Waals surface area contributed by atoms with Crippen molar-refractivity contribution in [3.63, 3.8) is 0 Å². The van der Waals surface area contributed by atoms with Crippen LogP contribution in [0.5, 0.6) is 0 Å². The predicted octanol–water partition coefficient (Wildman–Crippen LogP) is 2.97. The molecule has 1 aliphatic rings. The number of halogens is 1. The van der Waals surface area contributed by atoms with E-state index in [0.29, 0.717) is 0 Å². The molecule has 0 bridgehead atoms. The van der Waals surface area contributed by atoms with Gasteiger partial charge in [0.05, 0.1) is 0 Å². The molecule has 2 N–H and O–H groups in total. The summed E-state index contributed by atoms with van der Waals surface area (Å²) in [5, 5.41) is 6.84. The molecule has 5 heteroatoms. The van der Waals surface area contributed by atoms with E-state index in [2.05, 4.69) is 38.3 Å². The van der Waals surface area contributed by atoms with E-state index in [4.69, 9.17) is 16.0 Å². The van der Waals surface area contributed by atoms with E-state index >= 15 is 0 Å². The molecule has 0 radical (unpaired) electrons. The highest BCUT2D eigenvalue weighted by molar-refractivity contribution is 6.29. The number of carbonyl (C=O) groups excluding carboxylic acids is 1. The average molecular weight is 285 g/mol. The van der Waals surface area contributed by atoms with Crippen molar-refractivity contribution in [3.05, 3.63) is 23.1 Å². The van der Waals surface area contributed by atoms with Crippen LogP contribution in [0.25, 0.3) is 0 Å². The molecule has 0 atom stereocenters. The van der Waals surface area contributed by atoms with E-state index in [-0.39, 0.29) is 34.0 Å². The quantitative estimate of drug-likeness (QED) is 0.878. The topological polar surface area (TPSA) is 54.3 Å². The van der Waals surface area contributed by atoms with Crippen molar-refractivity contribution in [2.24, 2.45) is 0 Å². The summed E-state index contributed by atoms with van der Waals surface area (Å²) >= 11 is 5.68. The molecule has 1 aliphatic heterocycles. The van der Waals surface area contributed by atoms with Gasteiger partial charge in [0.15, 0.2) is 11.0 Å². The normalized spacial score (nSPS) is 22.2. The van der Waals surface area contributed by atoms with Gasteiger partial charge >= 0.3 is 0 Å². The SMILES string of the molecule is CC1(C)CC(NC(=O)c2ccc(Cl)o2)CC(C)(C)N1. The Hall–Kier alpha value is -1.00. The lowest BCUT2D eigenvalue weighted by atomic mass is 9.79. The van der Waals surface area contributed by atoms with Crippen molar-refractivity contribution in [1.29, 1.82) is 0 Å². The Labute approximate surface area is 118 Å². The third-order valence-corrected chi connectivity index (χ3v) is 3.53. The van der Waals surface area contributed by atoms with E-state index in [0.717, 1.165) is 12.8 Å². The summed E-state index contributed by atoms with van der Waals surface area (Å²) in [4.78, 5) is 12.1. The summed E-state index contributed by atoms with van der Waals surface area (Å²) in [6.45, 7) is 8.60. The lowest BCUT2D eigenvalue weighted by Crippen LogP contribution is -2.62. The first-order chi connectivity index (χ1) is 8.67. The first-order valence-corrected chi connectivity index (χ1v) is 6.90. The molecule has 4 nitrogen and oxygen atoms in total. The highest BCUT2D eigenvalue weighted by Crippen LogP contribution is 2.28. The van der Waals surface area contributed by atoms with Gasteiger partial charge in [-0.05, 0) is 64.3 Å². The minimum Gasteiger partial charge on any atom is -0.440 e. The number of carbonyl (C=O) groups is 1. The molecule has 0 aromatic carbocycles. The third kappa shape index (κ3) is 3.74. The minimum absolute atomic E-state index is 0.000502. The Balaban J connectivity index is 2.04. The van der Waals surface area contributed by atoms with Gasteiger partial charge in [-0.3, -0.25) is 4.79 Å². The molecule has 0 unspecified atom stereocenters. The average Bonchev–Trinajstić information content (AvgIpc) is 2.59. The van der Waals surface area contributed by atoms with Gasteiger partial charge in [-0.2, -0.15) is 0 Å². The van der Waals surface area contributed by atoms with E-state index in [1.54, 1.807) is 12.1 Å². The maximum atomic E-state index is 12.1. The molecule has 0 saturated carbocycles. The van der Waals surface area contributed by atoms with Gasteiger partial charge in [0.2, 0.25) is 0 Å². The fourth-order valence-corrected chi connectivity index (χ4v) is 3.26. The van der Waals surface area contributed by atoms with Crippen molar-refractivity contribution < 1.29 is 9.21 Å². The van der Waals surface area contributed by atoms with Crippen LogP contribution in [0.4, 0.5) is 0 Å². The standard InChI is InChI=1S/C14H21ClN2O2/c1-13(2)7-9(8-14(3,4)17-13)16-12(18)10-5-6-11(15)19-10/h5-6,9,17H,7-8H2,1-4H3,(H,16,18). The summed E-state index contributed by atoms with van der Waals surface area (Å²) in [6.07, 6.45) is 1.77. The molecule has 106 valence electrons. The maximum absolute atomic E-state index is 12.1. The lowest BCUT2D eigenvalue weighted by molar-refractivity contribution is 0.0846. The zero-order chi connectivity index (χ0) is 14.3. The second kappa shape index (κ2) is 4.84. The van der Waals surface area contributed by atoms with Gasteiger partial charge in [0.25, 0.3) is 5.91 Å². The summed E-state index contributed by atoms with van der Waals surface area (Å²) in [7, 11) is 0. The molecule has 2 heterocycles. The van der Waals surface area contributed by atoms with Crippen LogP contribution >= 0.6 is 11.6 Å². The lowest BCUT2D eigenvalue weighted by Gasteiger charge is -2.46.